The van der Waals surface area contributed by atoms with Crippen LogP contribution in [0.4, 0.5) is 5.95 Å². The predicted molar refractivity (Wildman–Crippen MR) is 125 cm³/mol. The van der Waals surface area contributed by atoms with E-state index in [2.05, 4.69) is 15.4 Å². The third-order valence-corrected chi connectivity index (χ3v) is 6.51. The van der Waals surface area contributed by atoms with Crippen molar-refractivity contribution in [3.05, 3.63) is 70.7 Å². The van der Waals surface area contributed by atoms with Crippen LogP contribution in [-0.2, 0) is 4.79 Å². The van der Waals surface area contributed by atoms with E-state index in [0.29, 0.717) is 46.5 Å². The summed E-state index contributed by atoms with van der Waals surface area (Å²) >= 11 is 0. The van der Waals surface area contributed by atoms with E-state index >= 15 is 0 Å². The first-order valence-corrected chi connectivity index (χ1v) is 11.0. The van der Waals surface area contributed by atoms with Gasteiger partial charge in [0.05, 0.1) is 26.9 Å². The van der Waals surface area contributed by atoms with Crippen molar-refractivity contribution in [2.24, 2.45) is 0 Å². The van der Waals surface area contributed by atoms with Gasteiger partial charge in [0.1, 0.15) is 12.4 Å². The third kappa shape index (κ3) is 3.67. The van der Waals surface area contributed by atoms with Gasteiger partial charge in [-0.3, -0.25) is 4.79 Å². The Kier molecular flexibility index (Phi) is 5.64. The molecule has 0 unspecified atom stereocenters. The zero-order valence-electron chi connectivity index (χ0n) is 19.4. The number of anilines is 1. The van der Waals surface area contributed by atoms with Crippen LogP contribution in [0.3, 0.4) is 0 Å². The van der Waals surface area contributed by atoms with Crippen molar-refractivity contribution in [3.63, 3.8) is 0 Å². The molecule has 10 nitrogen and oxygen atoms in total. The molecular formula is C25H24N4O6. The lowest BCUT2D eigenvalue weighted by Crippen LogP contribution is -2.34. The number of nitrogens with one attached hydrogen (secondary N) is 1. The van der Waals surface area contributed by atoms with E-state index in [1.165, 1.54) is 12.4 Å². The number of carbonyl (C=O) groups is 2. The van der Waals surface area contributed by atoms with Gasteiger partial charge in [0.25, 0.3) is 0 Å². The first-order valence-electron chi connectivity index (χ1n) is 11.0. The zero-order chi connectivity index (χ0) is 24.7. The fourth-order valence-corrected chi connectivity index (χ4v) is 4.94. The summed E-state index contributed by atoms with van der Waals surface area (Å²) in [5.74, 6) is 0.636. The smallest absolute Gasteiger partial charge is 0.336 e. The van der Waals surface area contributed by atoms with Crippen LogP contribution in [0.25, 0.3) is 0 Å². The van der Waals surface area contributed by atoms with E-state index in [9.17, 15) is 14.7 Å². The van der Waals surface area contributed by atoms with Gasteiger partial charge >= 0.3 is 5.97 Å². The summed E-state index contributed by atoms with van der Waals surface area (Å²) in [6.45, 7) is 0. The molecule has 0 bridgehead atoms. The monoisotopic (exact) mass is 476 g/mol. The molecular weight excluding hydrogens is 452 g/mol. The lowest BCUT2D eigenvalue weighted by molar-refractivity contribution is -0.116. The Morgan fingerprint density at radius 2 is 1.80 bits per heavy atom. The first-order chi connectivity index (χ1) is 17.0. The van der Waals surface area contributed by atoms with Gasteiger partial charge in [0.15, 0.2) is 17.3 Å². The number of carbonyl (C=O) groups excluding carboxylic acids is 1. The Labute approximate surface area is 201 Å². The summed E-state index contributed by atoms with van der Waals surface area (Å²) in [7, 11) is 4.64. The Balaban J connectivity index is 1.61. The number of carboxylic acid groups (broad SMARTS) is 1. The summed E-state index contributed by atoms with van der Waals surface area (Å²) in [6, 6.07) is 9.68. The molecule has 5 rings (SSSR count). The number of allylic oxidation sites excluding steroid dienone is 2. The van der Waals surface area contributed by atoms with Crippen LogP contribution in [0.5, 0.6) is 17.2 Å². The number of rotatable bonds is 6. The van der Waals surface area contributed by atoms with Crippen LogP contribution in [0.1, 0.15) is 46.3 Å². The maximum absolute atomic E-state index is 13.6. The van der Waals surface area contributed by atoms with Gasteiger partial charge in [-0.05, 0) is 41.7 Å². The molecule has 0 spiro atoms. The van der Waals surface area contributed by atoms with Crippen molar-refractivity contribution in [1.82, 2.24) is 14.8 Å². The van der Waals surface area contributed by atoms with Crippen LogP contribution in [0.2, 0.25) is 0 Å². The number of nitrogens with zero attached hydrogens (tertiary/aromatic N) is 3. The molecule has 0 amide bonds. The average Bonchev–Trinajstić information content (AvgIpc) is 3.34. The lowest BCUT2D eigenvalue weighted by atomic mass is 9.77. The molecule has 2 aliphatic rings. The number of ether oxygens (including phenoxy) is 3. The van der Waals surface area contributed by atoms with Gasteiger partial charge in [-0.1, -0.05) is 18.2 Å². The molecule has 0 radical (unpaired) electrons. The van der Waals surface area contributed by atoms with Crippen molar-refractivity contribution in [3.8, 4) is 17.2 Å². The summed E-state index contributed by atoms with van der Waals surface area (Å²) in [6.07, 6.45) is 2.13. The van der Waals surface area contributed by atoms with E-state index in [0.717, 1.165) is 5.56 Å². The minimum absolute atomic E-state index is 0.0937. The Morgan fingerprint density at radius 1 is 1.09 bits per heavy atom. The standard InChI is InChI=1S/C25H24N4O6/c1-33-19-10-14(11-20(34-2)23(19)35-3)13-8-17-21(18(30)9-13)22(29-25(28-17)26-12-27-29)15-6-4-5-7-16(15)24(31)32/h4-7,10-13,22H,8-9H2,1-3H3,(H,31,32)(H,26,27,28)/t13-,22-/m1/s1. The number of hydrogen-bond acceptors (Lipinski definition) is 8. The SMILES string of the molecule is COc1cc([C@H]2CC(=O)C3=C(C2)Nc2ncnn2[C@@H]3c2ccccc2C(=O)O)cc(OC)c1OC. The quantitative estimate of drug-likeness (QED) is 0.550. The summed E-state index contributed by atoms with van der Waals surface area (Å²) in [4.78, 5) is 29.9. The van der Waals surface area contributed by atoms with Crippen molar-refractivity contribution >= 4 is 17.7 Å². The molecule has 2 heterocycles. The fraction of sp³-hybridized carbons (Fsp3) is 0.280. The minimum atomic E-state index is -1.07. The molecule has 3 aromatic rings. The van der Waals surface area contributed by atoms with E-state index in [1.54, 1.807) is 44.2 Å². The molecule has 35 heavy (non-hydrogen) atoms. The molecule has 2 atom stereocenters. The number of aromatic nitrogens is 3. The highest BCUT2D eigenvalue weighted by Crippen LogP contribution is 2.47. The van der Waals surface area contributed by atoms with E-state index in [1.807, 2.05) is 12.1 Å². The maximum atomic E-state index is 13.6. The average molecular weight is 476 g/mol. The molecule has 1 aliphatic carbocycles. The molecule has 10 heteroatoms. The second-order valence-electron chi connectivity index (χ2n) is 8.33. The van der Waals surface area contributed by atoms with Gasteiger partial charge < -0.3 is 24.6 Å². The van der Waals surface area contributed by atoms with Crippen LogP contribution >= 0.6 is 0 Å². The van der Waals surface area contributed by atoms with Crippen LogP contribution < -0.4 is 19.5 Å². The molecule has 180 valence electrons. The summed E-state index contributed by atoms with van der Waals surface area (Å²) < 4.78 is 18.0. The highest BCUT2D eigenvalue weighted by molar-refractivity contribution is 6.01. The number of methoxy groups -OCH3 is 3. The predicted octanol–water partition coefficient (Wildman–Crippen LogP) is 3.42. The zero-order valence-corrected chi connectivity index (χ0v) is 19.4. The van der Waals surface area contributed by atoms with Crippen molar-refractivity contribution < 1.29 is 28.9 Å². The van der Waals surface area contributed by atoms with Crippen molar-refractivity contribution in [2.45, 2.75) is 24.8 Å². The van der Waals surface area contributed by atoms with Gasteiger partial charge in [0, 0.05) is 17.7 Å². The molecule has 0 fully saturated rings. The molecule has 0 saturated carbocycles. The fourth-order valence-electron chi connectivity index (χ4n) is 4.94. The second kappa shape index (κ2) is 8.79. The van der Waals surface area contributed by atoms with Crippen molar-refractivity contribution in [2.75, 3.05) is 26.6 Å². The Morgan fingerprint density at radius 3 is 2.46 bits per heavy atom. The van der Waals surface area contributed by atoms with E-state index in [4.69, 9.17) is 14.2 Å². The highest BCUT2D eigenvalue weighted by atomic mass is 16.5. The van der Waals surface area contributed by atoms with Gasteiger partial charge in [0.2, 0.25) is 11.7 Å². The van der Waals surface area contributed by atoms with Gasteiger partial charge in [-0.2, -0.15) is 10.1 Å². The minimum Gasteiger partial charge on any atom is -0.493 e. The number of aromatic carboxylic acids is 1. The largest absolute Gasteiger partial charge is 0.493 e. The lowest BCUT2D eigenvalue weighted by Gasteiger charge is -2.35. The summed E-state index contributed by atoms with van der Waals surface area (Å²) in [5, 5.41) is 17.3. The van der Waals surface area contributed by atoms with Crippen LogP contribution in [0, 0.1) is 0 Å². The topological polar surface area (TPSA) is 125 Å². The normalized spacial score (nSPS) is 18.9. The summed E-state index contributed by atoms with van der Waals surface area (Å²) in [5.41, 5.74) is 2.68. The van der Waals surface area contributed by atoms with Gasteiger partial charge in [-0.25, -0.2) is 9.48 Å². The third-order valence-electron chi connectivity index (χ3n) is 6.51. The van der Waals surface area contributed by atoms with Gasteiger partial charge in [-0.15, -0.1) is 0 Å². The van der Waals surface area contributed by atoms with Crippen LogP contribution in [-0.4, -0.2) is 53.0 Å². The number of hydrogen-bond donors (Lipinski definition) is 2. The van der Waals surface area contributed by atoms with E-state index < -0.39 is 12.0 Å². The number of carboxylic acids is 1. The van der Waals surface area contributed by atoms with E-state index in [-0.39, 0.29) is 23.7 Å². The maximum Gasteiger partial charge on any atom is 0.336 e. The number of benzene rings is 2. The molecule has 1 aliphatic heterocycles. The second-order valence-corrected chi connectivity index (χ2v) is 8.33. The Hall–Kier alpha value is -4.34. The van der Waals surface area contributed by atoms with Crippen LogP contribution in [0.15, 0.2) is 54.0 Å². The number of fused-ring (bicyclic) bond motifs is 1. The Bertz CT molecular complexity index is 1340. The molecule has 0 saturated heterocycles. The molecule has 2 aromatic carbocycles. The number of Topliss-reactive ketones (excluding diaryl/α,β-unsaturated/α-hetero) is 1. The number of ketones is 1. The highest BCUT2D eigenvalue weighted by Gasteiger charge is 2.40. The molecule has 1 aromatic heterocycles. The van der Waals surface area contributed by atoms with Crippen molar-refractivity contribution in [1.29, 1.82) is 0 Å². The first kappa shape index (κ1) is 22.5. The molecule has 2 N–H and O–H groups in total.